The monoisotopic (exact) mass is 473 g/mol. The molecule has 0 bridgehead atoms. The number of methoxy groups -OCH3 is 1. The van der Waals surface area contributed by atoms with Crippen LogP contribution < -0.4 is 9.64 Å². The van der Waals surface area contributed by atoms with Gasteiger partial charge in [0.05, 0.1) is 26.7 Å². The van der Waals surface area contributed by atoms with Gasteiger partial charge in [0.2, 0.25) is 0 Å². The Balaban J connectivity index is 0.00000289. The fourth-order valence-electron chi connectivity index (χ4n) is 1.20. The summed E-state index contributed by atoms with van der Waals surface area (Å²) in [5, 5.41) is 0. The average Bonchev–Trinajstić information content (AvgIpc) is 2.36. The minimum Gasteiger partial charge on any atom is -0.554 e. The van der Waals surface area contributed by atoms with Gasteiger partial charge in [0.25, 0.3) is 0 Å². The van der Waals surface area contributed by atoms with Crippen LogP contribution in [0.5, 0.6) is 5.75 Å². The smallest absolute Gasteiger partial charge is 0.554 e. The number of nitrogens with zero attached hydrogens (tertiary/aromatic N) is 1. The number of rotatable bonds is 6. The van der Waals surface area contributed by atoms with E-state index >= 15 is 0 Å². The molecule has 0 heterocycles. The molecule has 0 aliphatic heterocycles. The Hall–Kier alpha value is -0.988. The van der Waals surface area contributed by atoms with Gasteiger partial charge in [-0.3, -0.25) is 10.9 Å². The van der Waals surface area contributed by atoms with E-state index in [1.54, 1.807) is 31.5 Å². The minimum atomic E-state index is -0.486. The van der Waals surface area contributed by atoms with Crippen molar-refractivity contribution in [2.75, 3.05) is 25.2 Å². The fourth-order valence-corrected chi connectivity index (χ4v) is 1.20. The Morgan fingerprint density at radius 2 is 2.22 bits per heavy atom. The van der Waals surface area contributed by atoms with Crippen LogP contribution in [0.15, 0.2) is 18.2 Å². The van der Waals surface area contributed by atoms with Gasteiger partial charge < -0.3 is 19.2 Å². The van der Waals surface area contributed by atoms with Crippen LogP contribution in [0.4, 0.5) is 5.69 Å². The maximum absolute atomic E-state index is 11.2. The first-order chi connectivity index (χ1) is 8.21. The summed E-state index contributed by atoms with van der Waals surface area (Å²) in [6.45, 7) is 1.80. The number of ether oxygens (including phenoxy) is 2. The number of hydrogen-bond acceptors (Lipinski definition) is 4. The van der Waals surface area contributed by atoms with Crippen molar-refractivity contribution in [1.29, 1.82) is 0 Å². The molecule has 0 N–H and O–H groups in total. The Kier molecular flexibility index (Phi) is 8.52. The number of esters is 1. The predicted molar refractivity (Wildman–Crippen MR) is 61.5 cm³/mol. The molecule has 0 saturated carbocycles. The van der Waals surface area contributed by atoms with E-state index in [4.69, 9.17) is 9.47 Å². The molecule has 0 fully saturated rings. The molecule has 0 spiro atoms. The van der Waals surface area contributed by atoms with Crippen molar-refractivity contribution in [3.63, 3.8) is 0 Å². The molecule has 94 valence electrons. The van der Waals surface area contributed by atoms with Gasteiger partial charge in [0.15, 0.2) is 0 Å². The van der Waals surface area contributed by atoms with E-state index in [1.807, 2.05) is 0 Å². The molecule has 0 aromatic heterocycles. The molecule has 0 radical (unpaired) electrons. The second-order valence-electron chi connectivity index (χ2n) is 3.10. The largest absolute Gasteiger partial charge is 2.00 e. The molecule has 6 heteroatoms. The number of carbonyl (C=O) groups excluding carboxylic acids is 2. The van der Waals surface area contributed by atoms with Gasteiger partial charge in [-0.2, -0.15) is 6.07 Å². The molecular formula is C12H13NO4U. The first kappa shape index (κ1) is 17.0. The van der Waals surface area contributed by atoms with Gasteiger partial charge in [-0.25, -0.2) is 11.8 Å². The van der Waals surface area contributed by atoms with Crippen LogP contribution >= 0.6 is 0 Å². The minimum absolute atomic E-state index is 0. The van der Waals surface area contributed by atoms with E-state index in [2.05, 4.69) is 6.07 Å². The molecule has 0 unspecified atom stereocenters. The summed E-state index contributed by atoms with van der Waals surface area (Å²) < 4.78 is 9.70. The summed E-state index contributed by atoms with van der Waals surface area (Å²) in [6.07, 6.45) is 1.66. The molecule has 18 heavy (non-hydrogen) atoms. The van der Waals surface area contributed by atoms with Gasteiger partial charge in [-0.1, -0.05) is 0 Å². The maximum Gasteiger partial charge on any atom is 2.00 e. The van der Waals surface area contributed by atoms with Gasteiger partial charge in [-0.05, 0) is 6.92 Å². The van der Waals surface area contributed by atoms with E-state index < -0.39 is 5.97 Å². The van der Waals surface area contributed by atoms with Crippen molar-refractivity contribution in [2.45, 2.75) is 6.92 Å². The van der Waals surface area contributed by atoms with Crippen LogP contribution in [0, 0.1) is 37.2 Å². The SMILES string of the molecule is CCOC(=O)CN([C-]=O)c1[c-]cc(OC)cc1.[U+2]. The van der Waals surface area contributed by atoms with E-state index in [0.29, 0.717) is 11.4 Å². The van der Waals surface area contributed by atoms with Crippen molar-refractivity contribution < 1.29 is 50.2 Å². The summed E-state index contributed by atoms with van der Waals surface area (Å²) in [5.41, 5.74) is 0.439. The Bertz CT molecular complexity index is 380. The topological polar surface area (TPSA) is 55.8 Å². The summed E-state index contributed by atoms with van der Waals surface area (Å²) in [7, 11) is 1.53. The second-order valence-corrected chi connectivity index (χ2v) is 3.10. The molecule has 0 saturated heterocycles. The maximum atomic E-state index is 11.2. The van der Waals surface area contributed by atoms with Crippen LogP contribution in [-0.4, -0.2) is 32.6 Å². The Morgan fingerprint density at radius 3 is 2.67 bits per heavy atom. The summed E-state index contributed by atoms with van der Waals surface area (Å²) in [4.78, 5) is 23.1. The zero-order valence-electron chi connectivity index (χ0n) is 10.2. The fraction of sp³-hybridized carbons (Fsp3) is 0.333. The number of anilines is 1. The van der Waals surface area contributed by atoms with E-state index in [1.165, 1.54) is 7.11 Å². The van der Waals surface area contributed by atoms with Gasteiger partial charge >= 0.3 is 37.1 Å². The zero-order chi connectivity index (χ0) is 12.7. The van der Waals surface area contributed by atoms with Crippen LogP contribution in [0.3, 0.4) is 0 Å². The zero-order valence-corrected chi connectivity index (χ0v) is 14.4. The van der Waals surface area contributed by atoms with Gasteiger partial charge in [0, 0.05) is 5.75 Å². The summed E-state index contributed by atoms with van der Waals surface area (Å²) in [6, 6.07) is 7.67. The number of carbonyl (C=O) groups is 1. The summed E-state index contributed by atoms with van der Waals surface area (Å²) >= 11 is 0. The van der Waals surface area contributed by atoms with E-state index in [0.717, 1.165) is 4.90 Å². The van der Waals surface area contributed by atoms with Crippen molar-refractivity contribution >= 4 is 18.1 Å². The quantitative estimate of drug-likeness (QED) is 0.351. The number of hydrogen-bond donors (Lipinski definition) is 0. The molecule has 0 atom stereocenters. The standard InChI is InChI=1S/C12H13NO4.U/c1-3-17-12(15)8-13(9-14)10-4-6-11(16-2)7-5-10;/h4,6-7H,3,8H2,1-2H3;/q-2;+2. The van der Waals surface area contributed by atoms with Crippen LogP contribution in [0.1, 0.15) is 6.92 Å². The van der Waals surface area contributed by atoms with E-state index in [-0.39, 0.29) is 44.3 Å². The third kappa shape index (κ3) is 5.11. The van der Waals surface area contributed by atoms with Crippen LogP contribution in [-0.2, 0) is 14.3 Å². The van der Waals surface area contributed by atoms with Crippen LogP contribution in [0.25, 0.3) is 0 Å². The Labute approximate surface area is 130 Å². The predicted octanol–water partition coefficient (Wildman–Crippen LogP) is 0.932. The first-order valence-corrected chi connectivity index (χ1v) is 5.08. The van der Waals surface area contributed by atoms with Crippen molar-refractivity contribution in [2.24, 2.45) is 0 Å². The van der Waals surface area contributed by atoms with Gasteiger partial charge in [-0.15, -0.1) is 6.07 Å². The molecule has 1 aromatic rings. The number of benzene rings is 1. The van der Waals surface area contributed by atoms with Crippen molar-refractivity contribution in [3.05, 3.63) is 24.3 Å². The van der Waals surface area contributed by atoms with Gasteiger partial charge in [0.1, 0.15) is 0 Å². The van der Waals surface area contributed by atoms with Crippen molar-refractivity contribution in [1.82, 2.24) is 0 Å². The van der Waals surface area contributed by atoms with Crippen LogP contribution in [0.2, 0.25) is 0 Å². The Morgan fingerprint density at radius 1 is 1.50 bits per heavy atom. The first-order valence-electron chi connectivity index (χ1n) is 5.08. The molecule has 1 aromatic carbocycles. The average molecular weight is 473 g/mol. The third-order valence-electron chi connectivity index (χ3n) is 2.00. The molecule has 1 amide bonds. The molecule has 1 rings (SSSR count). The van der Waals surface area contributed by atoms with Crippen molar-refractivity contribution in [3.8, 4) is 5.75 Å². The van der Waals surface area contributed by atoms with E-state index in [9.17, 15) is 9.59 Å². The molecular weight excluding hydrogens is 460 g/mol. The number of amides is 1. The molecule has 5 nitrogen and oxygen atoms in total. The normalized spacial score (nSPS) is 9.00. The molecule has 0 aliphatic rings. The second kappa shape index (κ2) is 9.01. The third-order valence-corrected chi connectivity index (χ3v) is 2.00. The summed E-state index contributed by atoms with van der Waals surface area (Å²) in [5.74, 6) is 0.135. The molecule has 0 aliphatic carbocycles.